The van der Waals surface area contributed by atoms with Crippen molar-refractivity contribution in [3.05, 3.63) is 31.6 Å². The maximum absolute atomic E-state index is 12.2. The molecule has 6 heteroatoms. The average Bonchev–Trinajstić information content (AvgIpc) is 2.37. The second kappa shape index (κ2) is 8.48. The summed E-state index contributed by atoms with van der Waals surface area (Å²) in [5, 5.41) is 0.190. The Kier molecular flexibility index (Phi) is 7.31. The number of H-pyrrole nitrogens is 1. The number of nitrogens with one attached hydrogen (secondary N) is 1. The zero-order chi connectivity index (χ0) is 14.3. The van der Waals surface area contributed by atoms with Crippen molar-refractivity contribution in [3.63, 3.8) is 0 Å². The summed E-state index contributed by atoms with van der Waals surface area (Å²) in [6.45, 7) is 2.45. The molecule has 1 aromatic rings. The molecule has 0 fully saturated rings. The van der Waals surface area contributed by atoms with E-state index < -0.39 is 5.69 Å². The van der Waals surface area contributed by atoms with Crippen LogP contribution in [0.1, 0.15) is 38.2 Å². The van der Waals surface area contributed by atoms with E-state index in [1.165, 1.54) is 4.57 Å². The molecule has 1 rings (SSSR count). The van der Waals surface area contributed by atoms with Crippen LogP contribution in [-0.4, -0.2) is 21.6 Å². The lowest BCUT2D eigenvalue weighted by molar-refractivity contribution is 0.559. The highest BCUT2D eigenvalue weighted by Gasteiger charge is 2.11. The van der Waals surface area contributed by atoms with E-state index in [1.54, 1.807) is 0 Å². The lowest BCUT2D eigenvalue weighted by Gasteiger charge is -2.08. The number of hydrogen-bond acceptors (Lipinski definition) is 3. The average molecular weight is 305 g/mol. The highest BCUT2D eigenvalue weighted by atomic mass is 35.5. The number of aromatic nitrogens is 2. The first-order valence-corrected chi connectivity index (χ1v) is 8.39. The monoisotopic (exact) mass is 304 g/mol. The number of aromatic amines is 1. The zero-order valence-electron chi connectivity index (χ0n) is 11.5. The quantitative estimate of drug-likeness (QED) is 0.593. The van der Waals surface area contributed by atoms with Crippen LogP contribution < -0.4 is 11.2 Å². The summed E-state index contributed by atoms with van der Waals surface area (Å²) in [6.07, 6.45) is 6.49. The maximum atomic E-state index is 12.2. The van der Waals surface area contributed by atoms with Gasteiger partial charge in [-0.1, -0.05) is 31.4 Å². The fraction of sp³-hybridized carbons (Fsp3) is 0.692. The van der Waals surface area contributed by atoms with Crippen molar-refractivity contribution in [1.29, 1.82) is 0 Å². The van der Waals surface area contributed by atoms with Gasteiger partial charge >= 0.3 is 5.69 Å². The summed E-state index contributed by atoms with van der Waals surface area (Å²) < 4.78 is 1.27. The van der Waals surface area contributed by atoms with Crippen LogP contribution in [0.25, 0.3) is 0 Å². The van der Waals surface area contributed by atoms with Crippen LogP contribution in [-0.2, 0) is 13.0 Å². The molecule has 0 atom stereocenters. The fourth-order valence-electron chi connectivity index (χ4n) is 1.95. The van der Waals surface area contributed by atoms with E-state index in [1.807, 2.05) is 18.7 Å². The highest BCUT2D eigenvalue weighted by Crippen LogP contribution is 2.08. The molecule has 0 aliphatic heterocycles. The van der Waals surface area contributed by atoms with Crippen molar-refractivity contribution in [1.82, 2.24) is 9.55 Å². The minimum atomic E-state index is -0.403. The van der Waals surface area contributed by atoms with Crippen LogP contribution >= 0.6 is 23.4 Å². The number of hydrogen-bond donors (Lipinski definition) is 1. The topological polar surface area (TPSA) is 54.9 Å². The summed E-state index contributed by atoms with van der Waals surface area (Å²) in [5.41, 5.74) is -0.118. The van der Waals surface area contributed by atoms with Gasteiger partial charge in [-0.15, -0.1) is 0 Å². The molecular formula is C13H21ClN2O2S. The third kappa shape index (κ3) is 4.73. The second-order valence-electron chi connectivity index (χ2n) is 4.48. The van der Waals surface area contributed by atoms with E-state index in [4.69, 9.17) is 11.6 Å². The van der Waals surface area contributed by atoms with Crippen molar-refractivity contribution in [2.45, 2.75) is 45.6 Å². The molecule has 0 unspecified atom stereocenters. The minimum Gasteiger partial charge on any atom is -0.297 e. The Balaban J connectivity index is 2.80. The minimum absolute atomic E-state index is 0.190. The number of halogens is 1. The van der Waals surface area contributed by atoms with Gasteiger partial charge in [0.2, 0.25) is 0 Å². The van der Waals surface area contributed by atoms with Crippen molar-refractivity contribution >= 4 is 23.4 Å². The Bertz CT molecular complexity index is 510. The Labute approximate surface area is 122 Å². The van der Waals surface area contributed by atoms with Crippen LogP contribution in [0.5, 0.6) is 0 Å². The number of unbranched alkanes of at least 4 members (excludes halogenated alkanes) is 2. The molecule has 0 aromatic carbocycles. The Morgan fingerprint density at radius 3 is 2.63 bits per heavy atom. The molecule has 1 N–H and O–H groups in total. The predicted molar refractivity (Wildman–Crippen MR) is 82.6 cm³/mol. The van der Waals surface area contributed by atoms with Crippen LogP contribution in [0.4, 0.5) is 0 Å². The molecule has 0 bridgehead atoms. The summed E-state index contributed by atoms with van der Waals surface area (Å²) >= 11 is 7.73. The second-order valence-corrected chi connectivity index (χ2v) is 5.85. The van der Waals surface area contributed by atoms with Crippen LogP contribution in [0.2, 0.25) is 5.15 Å². The Morgan fingerprint density at radius 2 is 2.00 bits per heavy atom. The van der Waals surface area contributed by atoms with Gasteiger partial charge in [0, 0.05) is 6.54 Å². The smallest absolute Gasteiger partial charge is 0.297 e. The first-order chi connectivity index (χ1) is 9.11. The fourth-order valence-corrected chi connectivity index (χ4v) is 2.70. The van der Waals surface area contributed by atoms with E-state index in [0.29, 0.717) is 18.5 Å². The maximum Gasteiger partial charge on any atom is 0.329 e. The lowest BCUT2D eigenvalue weighted by Crippen LogP contribution is -2.37. The summed E-state index contributed by atoms with van der Waals surface area (Å²) in [4.78, 5) is 26.5. The standard InChI is InChI=1S/C13H21ClN2O2S/c1-3-7-10-11(14)15-13(18)16(12(10)17)8-5-4-6-9-19-2/h3-9H2,1-2H3,(H,15,18). The molecule has 0 aliphatic carbocycles. The van der Waals surface area contributed by atoms with Crippen molar-refractivity contribution in [2.75, 3.05) is 12.0 Å². The first kappa shape index (κ1) is 16.4. The molecule has 0 saturated carbocycles. The van der Waals surface area contributed by atoms with Crippen LogP contribution in [0, 0.1) is 0 Å². The normalized spacial score (nSPS) is 10.9. The summed E-state index contributed by atoms with van der Waals surface area (Å²) in [5.74, 6) is 1.12. The van der Waals surface area contributed by atoms with Gasteiger partial charge in [0.25, 0.3) is 5.56 Å². The molecule has 0 radical (unpaired) electrons. The number of rotatable bonds is 8. The van der Waals surface area contributed by atoms with E-state index in [-0.39, 0.29) is 10.7 Å². The summed E-state index contributed by atoms with van der Waals surface area (Å²) in [6, 6.07) is 0. The van der Waals surface area contributed by atoms with Crippen molar-refractivity contribution in [3.8, 4) is 0 Å². The SMILES string of the molecule is CCCc1c(Cl)[nH]c(=O)n(CCCCCSC)c1=O. The first-order valence-electron chi connectivity index (χ1n) is 6.62. The van der Waals surface area contributed by atoms with E-state index in [0.717, 1.165) is 31.4 Å². The Hall–Kier alpha value is -0.680. The molecular weight excluding hydrogens is 284 g/mol. The molecule has 1 heterocycles. The third-order valence-electron chi connectivity index (χ3n) is 2.96. The van der Waals surface area contributed by atoms with Crippen LogP contribution in [0.15, 0.2) is 9.59 Å². The van der Waals surface area contributed by atoms with E-state index >= 15 is 0 Å². The number of nitrogens with zero attached hydrogens (tertiary/aromatic N) is 1. The molecule has 19 heavy (non-hydrogen) atoms. The van der Waals surface area contributed by atoms with Crippen molar-refractivity contribution < 1.29 is 0 Å². The lowest BCUT2D eigenvalue weighted by atomic mass is 10.2. The molecule has 4 nitrogen and oxygen atoms in total. The van der Waals surface area contributed by atoms with E-state index in [9.17, 15) is 9.59 Å². The van der Waals surface area contributed by atoms with Gasteiger partial charge in [-0.2, -0.15) is 11.8 Å². The third-order valence-corrected chi connectivity index (χ3v) is 3.98. The van der Waals surface area contributed by atoms with Crippen LogP contribution in [0.3, 0.4) is 0 Å². The molecule has 0 saturated heterocycles. The van der Waals surface area contributed by atoms with E-state index in [2.05, 4.69) is 11.2 Å². The Morgan fingerprint density at radius 1 is 1.26 bits per heavy atom. The number of thioether (sulfide) groups is 1. The van der Waals surface area contributed by atoms with Gasteiger partial charge in [-0.05, 0) is 31.3 Å². The van der Waals surface area contributed by atoms with Gasteiger partial charge in [-0.25, -0.2) is 4.79 Å². The van der Waals surface area contributed by atoms with Crippen molar-refractivity contribution in [2.24, 2.45) is 0 Å². The van der Waals surface area contributed by atoms with Gasteiger partial charge in [-0.3, -0.25) is 14.3 Å². The van der Waals surface area contributed by atoms with Gasteiger partial charge < -0.3 is 0 Å². The van der Waals surface area contributed by atoms with Gasteiger partial charge in [0.05, 0.1) is 5.56 Å². The zero-order valence-corrected chi connectivity index (χ0v) is 13.1. The predicted octanol–water partition coefficient (Wildman–Crippen LogP) is 2.68. The highest BCUT2D eigenvalue weighted by molar-refractivity contribution is 7.98. The largest absolute Gasteiger partial charge is 0.329 e. The van der Waals surface area contributed by atoms with Gasteiger partial charge in [0.1, 0.15) is 5.15 Å². The molecule has 108 valence electrons. The molecule has 0 amide bonds. The molecule has 0 aliphatic rings. The van der Waals surface area contributed by atoms with Gasteiger partial charge in [0.15, 0.2) is 0 Å². The molecule has 0 spiro atoms. The molecule has 1 aromatic heterocycles. The summed E-state index contributed by atoms with van der Waals surface area (Å²) in [7, 11) is 0.